The molecule has 0 fully saturated rings. The van der Waals surface area contributed by atoms with Gasteiger partial charge in [-0.15, -0.1) is 11.3 Å². The lowest BCUT2D eigenvalue weighted by Gasteiger charge is -2.05. The van der Waals surface area contributed by atoms with Gasteiger partial charge < -0.3 is 9.84 Å². The van der Waals surface area contributed by atoms with Crippen LogP contribution in [0.3, 0.4) is 0 Å². The molecule has 3 heterocycles. The summed E-state index contributed by atoms with van der Waals surface area (Å²) in [4.78, 5) is 25.8. The van der Waals surface area contributed by atoms with Gasteiger partial charge >= 0.3 is 0 Å². The van der Waals surface area contributed by atoms with Gasteiger partial charge in [-0.3, -0.25) is 4.79 Å². The molecular weight excluding hydrogens is 450 g/mol. The molecule has 3 aromatic heterocycles. The third kappa shape index (κ3) is 5.44. The maximum atomic E-state index is 12.4. The SMILES string of the molecule is Cc1cc(C)nc(SCC(=O)Nc2ccc3nc(SCc4c(C)noc4C)sc3c2)n1. The fourth-order valence-corrected chi connectivity index (χ4v) is 5.98. The average Bonchev–Trinajstić information content (AvgIpc) is 3.26. The summed E-state index contributed by atoms with van der Waals surface area (Å²) in [5.41, 5.74) is 5.50. The Hall–Kier alpha value is -2.43. The average molecular weight is 472 g/mol. The summed E-state index contributed by atoms with van der Waals surface area (Å²) in [5.74, 6) is 1.77. The first-order valence-electron chi connectivity index (χ1n) is 9.57. The van der Waals surface area contributed by atoms with Crippen molar-refractivity contribution >= 4 is 56.7 Å². The molecule has 1 N–H and O–H groups in total. The largest absolute Gasteiger partial charge is 0.361 e. The van der Waals surface area contributed by atoms with E-state index >= 15 is 0 Å². The number of hydrogen-bond donors (Lipinski definition) is 1. The number of carbonyl (C=O) groups is 1. The van der Waals surface area contributed by atoms with Gasteiger partial charge in [0, 0.05) is 28.4 Å². The maximum Gasteiger partial charge on any atom is 0.234 e. The highest BCUT2D eigenvalue weighted by molar-refractivity contribution is 8.00. The Balaban J connectivity index is 1.37. The molecule has 1 aromatic carbocycles. The van der Waals surface area contributed by atoms with E-state index in [4.69, 9.17) is 4.52 Å². The van der Waals surface area contributed by atoms with Crippen molar-refractivity contribution in [3.8, 4) is 0 Å². The zero-order chi connectivity index (χ0) is 22.0. The molecule has 31 heavy (non-hydrogen) atoms. The van der Waals surface area contributed by atoms with Gasteiger partial charge in [-0.1, -0.05) is 28.7 Å². The fourth-order valence-electron chi connectivity index (χ4n) is 2.97. The van der Waals surface area contributed by atoms with E-state index < -0.39 is 0 Å². The van der Waals surface area contributed by atoms with Gasteiger partial charge in [0.05, 0.1) is 21.7 Å². The number of thiazole rings is 1. The number of anilines is 1. The van der Waals surface area contributed by atoms with Crippen LogP contribution in [0.1, 0.15) is 28.4 Å². The molecule has 0 saturated heterocycles. The number of thioether (sulfide) groups is 2. The number of nitrogens with one attached hydrogen (secondary N) is 1. The van der Waals surface area contributed by atoms with Crippen LogP contribution in [0, 0.1) is 27.7 Å². The van der Waals surface area contributed by atoms with Gasteiger partial charge in [-0.25, -0.2) is 15.0 Å². The molecule has 0 aliphatic rings. The van der Waals surface area contributed by atoms with Crippen molar-refractivity contribution in [2.45, 2.75) is 42.9 Å². The molecule has 0 atom stereocenters. The first kappa shape index (κ1) is 21.8. The van der Waals surface area contributed by atoms with Crippen LogP contribution in [0.4, 0.5) is 5.69 Å². The number of benzene rings is 1. The molecule has 0 spiro atoms. The van der Waals surface area contributed by atoms with Crippen LogP contribution < -0.4 is 5.32 Å². The minimum atomic E-state index is -0.0929. The normalized spacial score (nSPS) is 11.2. The molecule has 1 amide bonds. The van der Waals surface area contributed by atoms with E-state index in [-0.39, 0.29) is 11.7 Å². The van der Waals surface area contributed by atoms with E-state index in [1.807, 2.05) is 52.0 Å². The van der Waals surface area contributed by atoms with Gasteiger partial charge in [0.1, 0.15) is 5.76 Å². The van der Waals surface area contributed by atoms with E-state index in [1.54, 1.807) is 23.1 Å². The zero-order valence-electron chi connectivity index (χ0n) is 17.6. The number of hydrogen-bond acceptors (Lipinski definition) is 9. The van der Waals surface area contributed by atoms with Crippen LogP contribution in [0.2, 0.25) is 0 Å². The number of fused-ring (bicyclic) bond motifs is 1. The summed E-state index contributed by atoms with van der Waals surface area (Å²) in [7, 11) is 0. The lowest BCUT2D eigenvalue weighted by Crippen LogP contribution is -2.14. The van der Waals surface area contributed by atoms with Crippen LogP contribution in [-0.2, 0) is 10.5 Å². The molecule has 0 saturated carbocycles. The predicted octanol–water partition coefficient (Wildman–Crippen LogP) is 5.33. The Morgan fingerprint density at radius 3 is 2.55 bits per heavy atom. The number of aromatic nitrogens is 4. The van der Waals surface area contributed by atoms with Crippen LogP contribution in [0.15, 0.2) is 38.3 Å². The molecular formula is C21H21N5O2S3. The smallest absolute Gasteiger partial charge is 0.234 e. The second-order valence-corrected chi connectivity index (χ2v) is 10.2. The lowest BCUT2D eigenvalue weighted by molar-refractivity contribution is -0.113. The quantitative estimate of drug-likeness (QED) is 0.285. The van der Waals surface area contributed by atoms with Crippen molar-refractivity contribution in [1.82, 2.24) is 20.1 Å². The van der Waals surface area contributed by atoms with Crippen LogP contribution in [-0.4, -0.2) is 31.8 Å². The fraction of sp³-hybridized carbons (Fsp3) is 0.286. The van der Waals surface area contributed by atoms with Crippen molar-refractivity contribution in [2.24, 2.45) is 0 Å². The molecule has 0 aliphatic carbocycles. The summed E-state index contributed by atoms with van der Waals surface area (Å²) >= 11 is 4.60. The molecule has 10 heteroatoms. The highest BCUT2D eigenvalue weighted by Crippen LogP contribution is 2.34. The zero-order valence-corrected chi connectivity index (χ0v) is 20.0. The number of nitrogens with zero attached hydrogens (tertiary/aromatic N) is 4. The van der Waals surface area contributed by atoms with E-state index in [1.165, 1.54) is 11.8 Å². The second-order valence-electron chi connectivity index (χ2n) is 7.02. The van der Waals surface area contributed by atoms with E-state index in [9.17, 15) is 4.79 Å². The van der Waals surface area contributed by atoms with Crippen molar-refractivity contribution in [3.63, 3.8) is 0 Å². The number of amides is 1. The first-order chi connectivity index (χ1) is 14.9. The minimum absolute atomic E-state index is 0.0929. The molecule has 0 radical (unpaired) electrons. The highest BCUT2D eigenvalue weighted by atomic mass is 32.2. The summed E-state index contributed by atoms with van der Waals surface area (Å²) in [6.07, 6.45) is 0. The molecule has 7 nitrogen and oxygen atoms in total. The monoisotopic (exact) mass is 471 g/mol. The van der Waals surface area contributed by atoms with Crippen molar-refractivity contribution in [3.05, 3.63) is 52.7 Å². The topological polar surface area (TPSA) is 93.8 Å². The Morgan fingerprint density at radius 1 is 1.06 bits per heavy atom. The van der Waals surface area contributed by atoms with Gasteiger partial charge in [0.25, 0.3) is 0 Å². The highest BCUT2D eigenvalue weighted by Gasteiger charge is 2.12. The maximum absolute atomic E-state index is 12.4. The minimum Gasteiger partial charge on any atom is -0.361 e. The van der Waals surface area contributed by atoms with Crippen LogP contribution >= 0.6 is 34.9 Å². The van der Waals surface area contributed by atoms with E-state index in [0.29, 0.717) is 5.16 Å². The van der Waals surface area contributed by atoms with Gasteiger partial charge in [0.15, 0.2) is 9.50 Å². The third-order valence-corrected chi connectivity index (χ3v) is 7.50. The number of aryl methyl sites for hydroxylation is 4. The Bertz CT molecular complexity index is 1210. The molecule has 160 valence electrons. The molecule has 4 aromatic rings. The first-order valence-corrected chi connectivity index (χ1v) is 12.4. The number of carbonyl (C=O) groups excluding carboxylic acids is 1. The summed E-state index contributed by atoms with van der Waals surface area (Å²) in [5, 5.41) is 7.56. The van der Waals surface area contributed by atoms with Crippen molar-refractivity contribution in [1.29, 1.82) is 0 Å². The Labute approximate surface area is 192 Å². The number of rotatable bonds is 7. The van der Waals surface area contributed by atoms with Crippen molar-refractivity contribution < 1.29 is 9.32 Å². The van der Waals surface area contributed by atoms with Gasteiger partial charge in [0.2, 0.25) is 5.91 Å². The summed E-state index contributed by atoms with van der Waals surface area (Å²) in [6.45, 7) is 7.71. The van der Waals surface area contributed by atoms with Crippen LogP contribution in [0.5, 0.6) is 0 Å². The summed E-state index contributed by atoms with van der Waals surface area (Å²) in [6, 6.07) is 7.68. The Morgan fingerprint density at radius 2 is 1.84 bits per heavy atom. The van der Waals surface area contributed by atoms with Gasteiger partial charge in [-0.05, 0) is 52.0 Å². The molecule has 0 unspecified atom stereocenters. The van der Waals surface area contributed by atoms with Crippen LogP contribution in [0.25, 0.3) is 10.2 Å². The van der Waals surface area contributed by atoms with E-state index in [0.717, 1.165) is 54.4 Å². The second kappa shape index (κ2) is 9.37. The standard InChI is InChI=1S/C21H21N5O2S3/c1-11-7-12(2)23-20(22-11)29-10-19(27)24-15-5-6-17-18(8-15)31-21(25-17)30-9-16-13(3)26-28-14(16)4/h5-8H,9-10H2,1-4H3,(H,24,27). The molecule has 0 aliphatic heterocycles. The third-order valence-electron chi connectivity index (χ3n) is 4.47. The lowest BCUT2D eigenvalue weighted by atomic mass is 10.2. The summed E-state index contributed by atoms with van der Waals surface area (Å²) < 4.78 is 7.23. The van der Waals surface area contributed by atoms with Gasteiger partial charge in [-0.2, -0.15) is 0 Å². The molecule has 0 bridgehead atoms. The predicted molar refractivity (Wildman–Crippen MR) is 126 cm³/mol. The molecule has 4 rings (SSSR count). The Kier molecular flexibility index (Phi) is 6.59. The van der Waals surface area contributed by atoms with E-state index in [2.05, 4.69) is 25.4 Å². The van der Waals surface area contributed by atoms with Crippen molar-refractivity contribution in [2.75, 3.05) is 11.1 Å².